The quantitative estimate of drug-likeness (QED) is 0.465. The van der Waals surface area contributed by atoms with Crippen LogP contribution < -0.4 is 5.32 Å². The third-order valence-electron chi connectivity index (χ3n) is 1.01. The zero-order valence-corrected chi connectivity index (χ0v) is 6.35. The minimum Gasteiger partial charge on any atom is -0.320 e. The second-order valence-corrected chi connectivity index (χ2v) is 5.39. The highest BCUT2D eigenvalue weighted by Gasteiger charge is 2.33. The molecule has 2 unspecified atom stereocenters. The van der Waals surface area contributed by atoms with Crippen LogP contribution in [0.2, 0.25) is 0 Å². The Morgan fingerprint density at radius 2 is 2.50 bits per heavy atom. The number of hydrogen-bond donors (Lipinski definition) is 1. The number of hydrogen-bond acceptors (Lipinski definition) is 3. The predicted molar refractivity (Wildman–Crippen MR) is 38.1 cm³/mol. The Bertz CT molecular complexity index is 106. The van der Waals surface area contributed by atoms with Gasteiger partial charge in [-0.25, -0.2) is 4.21 Å². The van der Waals surface area contributed by atoms with Crippen molar-refractivity contribution in [1.82, 2.24) is 5.32 Å². The average molecular weight is 151 g/mol. The topological polar surface area (TPSA) is 29.1 Å². The fourth-order valence-corrected chi connectivity index (χ4v) is 2.54. The fourth-order valence-electron chi connectivity index (χ4n) is 0.490. The van der Waals surface area contributed by atoms with Gasteiger partial charge < -0.3 is 5.32 Å². The van der Waals surface area contributed by atoms with Crippen molar-refractivity contribution in [3.05, 3.63) is 0 Å². The first kappa shape index (κ1) is 6.58. The minimum atomic E-state index is -0.524. The van der Waals surface area contributed by atoms with E-state index in [-0.39, 0.29) is 0 Å². The fraction of sp³-hybridized carbons (Fsp3) is 1.00. The van der Waals surface area contributed by atoms with Gasteiger partial charge in [0.05, 0.1) is 9.83 Å². The molecule has 1 N–H and O–H groups in total. The summed E-state index contributed by atoms with van der Waals surface area (Å²) in [5.74, 6) is 0. The first-order valence-corrected chi connectivity index (χ1v) is 5.18. The molecule has 0 aromatic carbocycles. The van der Waals surface area contributed by atoms with E-state index in [1.54, 1.807) is 10.8 Å². The van der Waals surface area contributed by atoms with E-state index in [4.69, 9.17) is 0 Å². The second kappa shape index (κ2) is 2.85. The first-order chi connectivity index (χ1) is 3.84. The maximum absolute atomic E-state index is 10.4. The van der Waals surface area contributed by atoms with E-state index in [0.717, 1.165) is 13.0 Å². The van der Waals surface area contributed by atoms with E-state index >= 15 is 0 Å². The maximum atomic E-state index is 10.4. The van der Waals surface area contributed by atoms with Crippen molar-refractivity contribution in [2.24, 2.45) is 0 Å². The van der Waals surface area contributed by atoms with Gasteiger partial charge in [0.2, 0.25) is 0 Å². The van der Waals surface area contributed by atoms with Crippen molar-refractivity contribution in [3.63, 3.8) is 0 Å². The zero-order chi connectivity index (χ0) is 5.98. The van der Waals surface area contributed by atoms with Crippen LogP contribution in [0.1, 0.15) is 6.42 Å². The lowest BCUT2D eigenvalue weighted by Crippen LogP contribution is -2.09. The van der Waals surface area contributed by atoms with Crippen molar-refractivity contribution in [2.45, 2.75) is 11.0 Å². The van der Waals surface area contributed by atoms with Gasteiger partial charge in [-0.15, -0.1) is 0 Å². The van der Waals surface area contributed by atoms with Crippen LogP contribution >= 0.6 is 10.8 Å². The van der Waals surface area contributed by atoms with E-state index in [0.29, 0.717) is 4.58 Å². The summed E-state index contributed by atoms with van der Waals surface area (Å²) in [6, 6.07) is 0. The van der Waals surface area contributed by atoms with Crippen LogP contribution in [0.4, 0.5) is 0 Å². The summed E-state index contributed by atoms with van der Waals surface area (Å²) >= 11 is 0. The molecule has 0 aromatic heterocycles. The molecule has 2 atom stereocenters. The smallest absolute Gasteiger partial charge is 0.104 e. The third kappa shape index (κ3) is 1.76. The summed E-state index contributed by atoms with van der Waals surface area (Å²) in [6.45, 7) is 0.989. The van der Waals surface area contributed by atoms with Crippen LogP contribution in [0.25, 0.3) is 0 Å². The van der Waals surface area contributed by atoms with Crippen molar-refractivity contribution in [2.75, 3.05) is 13.6 Å². The molecule has 1 rings (SSSR count). The van der Waals surface area contributed by atoms with E-state index < -0.39 is 9.83 Å². The molecule has 1 heterocycles. The highest BCUT2D eigenvalue weighted by molar-refractivity contribution is 8.85. The molecule has 1 aliphatic rings. The highest BCUT2D eigenvalue weighted by atomic mass is 33.2. The molecule has 4 heteroatoms. The van der Waals surface area contributed by atoms with Crippen molar-refractivity contribution in [3.8, 4) is 0 Å². The standard InChI is InChI=1S/C4H9NOS2/c1-5-3-2-4-7-8(4)6/h4-5H,2-3H2,1H3. The van der Waals surface area contributed by atoms with E-state index in [9.17, 15) is 4.21 Å². The van der Waals surface area contributed by atoms with Crippen LogP contribution in [-0.4, -0.2) is 22.4 Å². The molecule has 0 saturated carbocycles. The lowest BCUT2D eigenvalue weighted by molar-refractivity contribution is 0.688. The zero-order valence-electron chi connectivity index (χ0n) is 4.72. The van der Waals surface area contributed by atoms with Crippen LogP contribution in [-0.2, 0) is 9.83 Å². The summed E-state index contributed by atoms with van der Waals surface area (Å²) < 4.78 is 10.9. The van der Waals surface area contributed by atoms with Gasteiger partial charge in [0.15, 0.2) is 0 Å². The van der Waals surface area contributed by atoms with Crippen molar-refractivity contribution >= 4 is 20.6 Å². The lowest BCUT2D eigenvalue weighted by atomic mass is 10.5. The third-order valence-corrected chi connectivity index (χ3v) is 4.10. The first-order valence-electron chi connectivity index (χ1n) is 2.57. The van der Waals surface area contributed by atoms with E-state index in [1.807, 2.05) is 7.05 Å². The molecule has 1 aliphatic heterocycles. The summed E-state index contributed by atoms with van der Waals surface area (Å²) in [7, 11) is 2.95. The van der Waals surface area contributed by atoms with E-state index in [1.165, 1.54) is 0 Å². The van der Waals surface area contributed by atoms with Gasteiger partial charge in [-0.05, 0) is 30.8 Å². The average Bonchev–Trinajstić information content (AvgIpc) is 2.42. The van der Waals surface area contributed by atoms with Gasteiger partial charge >= 0.3 is 0 Å². The van der Waals surface area contributed by atoms with Gasteiger partial charge in [-0.2, -0.15) is 0 Å². The van der Waals surface area contributed by atoms with Crippen LogP contribution in [0.15, 0.2) is 0 Å². The molecule has 0 radical (unpaired) electrons. The molecule has 0 amide bonds. The normalized spacial score (nSPS) is 35.1. The Morgan fingerprint density at radius 3 is 2.88 bits per heavy atom. The van der Waals surface area contributed by atoms with E-state index in [2.05, 4.69) is 5.32 Å². The number of nitrogens with one attached hydrogen (secondary N) is 1. The lowest BCUT2D eigenvalue weighted by Gasteiger charge is -1.89. The Morgan fingerprint density at radius 1 is 1.88 bits per heavy atom. The molecule has 0 aliphatic carbocycles. The Kier molecular flexibility index (Phi) is 2.34. The summed E-state index contributed by atoms with van der Waals surface area (Å²) in [5.41, 5.74) is 0. The highest BCUT2D eigenvalue weighted by Crippen LogP contribution is 2.41. The van der Waals surface area contributed by atoms with Gasteiger partial charge in [0.25, 0.3) is 0 Å². The van der Waals surface area contributed by atoms with Gasteiger partial charge in [0, 0.05) is 0 Å². The van der Waals surface area contributed by atoms with Gasteiger partial charge in [-0.1, -0.05) is 0 Å². The van der Waals surface area contributed by atoms with Crippen LogP contribution in [0, 0.1) is 0 Å². The monoisotopic (exact) mass is 151 g/mol. The van der Waals surface area contributed by atoms with Crippen molar-refractivity contribution in [1.29, 1.82) is 0 Å². The van der Waals surface area contributed by atoms with Crippen molar-refractivity contribution < 1.29 is 4.21 Å². The number of rotatable bonds is 3. The molecule has 1 saturated heterocycles. The molecule has 0 bridgehead atoms. The molecular weight excluding hydrogens is 142 g/mol. The molecule has 0 aromatic rings. The SMILES string of the molecule is CNCCC1SS1=O. The summed E-state index contributed by atoms with van der Waals surface area (Å²) in [4.78, 5) is 0. The Hall–Kier alpha value is 0.460. The summed E-state index contributed by atoms with van der Waals surface area (Å²) in [6.07, 6.45) is 1.05. The second-order valence-electron chi connectivity index (χ2n) is 1.68. The maximum Gasteiger partial charge on any atom is 0.104 e. The largest absolute Gasteiger partial charge is 0.320 e. The van der Waals surface area contributed by atoms with Crippen LogP contribution in [0.5, 0.6) is 0 Å². The van der Waals surface area contributed by atoms with Crippen LogP contribution in [0.3, 0.4) is 0 Å². The molecule has 8 heavy (non-hydrogen) atoms. The molecular formula is C4H9NOS2. The molecule has 0 spiro atoms. The summed E-state index contributed by atoms with van der Waals surface area (Å²) in [5, 5.41) is 3.01. The molecule has 1 fully saturated rings. The Balaban J connectivity index is 1.97. The molecule has 48 valence electrons. The predicted octanol–water partition coefficient (Wildman–Crippen LogP) is 0.333. The van der Waals surface area contributed by atoms with Gasteiger partial charge in [0.1, 0.15) is 4.58 Å². The Labute approximate surface area is 55.3 Å². The molecule has 2 nitrogen and oxygen atoms in total. The van der Waals surface area contributed by atoms with Gasteiger partial charge in [-0.3, -0.25) is 0 Å². The minimum absolute atomic E-state index is 0.447.